The second-order valence-corrected chi connectivity index (χ2v) is 6.95. The normalized spacial score (nSPS) is 11.8. The molecule has 1 N–H and O–H groups in total. The molecule has 102 valence electrons. The first-order valence-corrected chi connectivity index (χ1v) is 7.51. The summed E-state index contributed by atoms with van der Waals surface area (Å²) in [7, 11) is 0. The van der Waals surface area contributed by atoms with Crippen LogP contribution in [0.1, 0.15) is 32.2 Å². The Kier molecular flexibility index (Phi) is 4.62. The Balaban J connectivity index is 2.05. The molecule has 0 saturated carbocycles. The van der Waals surface area contributed by atoms with Crippen molar-refractivity contribution in [2.45, 2.75) is 39.4 Å². The topological polar surface area (TPSA) is 29.9 Å². The van der Waals surface area contributed by atoms with E-state index >= 15 is 0 Å². The van der Waals surface area contributed by atoms with E-state index in [4.69, 9.17) is 0 Å². The standard InChI is InChI=1S/C15H20IN3/c1-15(2,3)18-10-14-17-8-9-19(14)11-12-4-6-13(16)7-5-12/h4-9,18H,10-11H2,1-3H3. The molecule has 2 rings (SSSR count). The Hall–Kier alpha value is -0.880. The molecule has 0 radical (unpaired) electrons. The van der Waals surface area contributed by atoms with Gasteiger partial charge in [0.15, 0.2) is 0 Å². The van der Waals surface area contributed by atoms with Crippen LogP contribution in [0.25, 0.3) is 0 Å². The molecule has 0 aliphatic rings. The maximum Gasteiger partial charge on any atom is 0.122 e. The molecule has 4 heteroatoms. The molecule has 0 atom stereocenters. The van der Waals surface area contributed by atoms with Gasteiger partial charge in [0.05, 0.1) is 6.54 Å². The van der Waals surface area contributed by atoms with Crippen molar-refractivity contribution in [3.05, 3.63) is 51.6 Å². The molecule has 2 aromatic rings. The van der Waals surface area contributed by atoms with Crippen molar-refractivity contribution in [1.29, 1.82) is 0 Å². The zero-order valence-corrected chi connectivity index (χ0v) is 13.8. The third kappa shape index (κ3) is 4.62. The highest BCUT2D eigenvalue weighted by Gasteiger charge is 2.11. The van der Waals surface area contributed by atoms with E-state index in [1.54, 1.807) is 0 Å². The summed E-state index contributed by atoms with van der Waals surface area (Å²) in [6.45, 7) is 8.16. The summed E-state index contributed by atoms with van der Waals surface area (Å²) >= 11 is 2.33. The van der Waals surface area contributed by atoms with Gasteiger partial charge in [0.2, 0.25) is 0 Å². The molecule has 3 nitrogen and oxygen atoms in total. The zero-order valence-electron chi connectivity index (χ0n) is 11.7. The Morgan fingerprint density at radius 1 is 1.21 bits per heavy atom. The third-order valence-corrected chi connectivity index (χ3v) is 3.56. The molecule has 0 aliphatic heterocycles. The summed E-state index contributed by atoms with van der Waals surface area (Å²) in [6.07, 6.45) is 3.91. The Bertz CT molecular complexity index is 523. The second-order valence-electron chi connectivity index (χ2n) is 5.70. The van der Waals surface area contributed by atoms with Crippen molar-refractivity contribution in [1.82, 2.24) is 14.9 Å². The SMILES string of the molecule is CC(C)(C)NCc1nccn1Cc1ccc(I)cc1. The van der Waals surface area contributed by atoms with E-state index in [9.17, 15) is 0 Å². The minimum Gasteiger partial charge on any atom is -0.329 e. The summed E-state index contributed by atoms with van der Waals surface area (Å²) in [5, 5.41) is 3.48. The highest BCUT2D eigenvalue weighted by molar-refractivity contribution is 14.1. The summed E-state index contributed by atoms with van der Waals surface area (Å²) in [6, 6.07) is 8.62. The van der Waals surface area contributed by atoms with E-state index in [1.165, 1.54) is 9.13 Å². The molecule has 1 aromatic heterocycles. The number of nitrogens with zero attached hydrogens (tertiary/aromatic N) is 2. The number of hydrogen-bond donors (Lipinski definition) is 1. The van der Waals surface area contributed by atoms with Gasteiger partial charge in [0, 0.05) is 28.0 Å². The molecule has 0 saturated heterocycles. The minimum atomic E-state index is 0.111. The maximum atomic E-state index is 4.43. The van der Waals surface area contributed by atoms with Gasteiger partial charge >= 0.3 is 0 Å². The molecule has 0 amide bonds. The zero-order chi connectivity index (χ0) is 13.9. The summed E-state index contributed by atoms with van der Waals surface area (Å²) in [5.74, 6) is 1.08. The van der Waals surface area contributed by atoms with Crippen LogP contribution in [0, 0.1) is 3.57 Å². The van der Waals surface area contributed by atoms with Gasteiger partial charge in [0.1, 0.15) is 5.82 Å². The predicted molar refractivity (Wildman–Crippen MR) is 87.1 cm³/mol. The fourth-order valence-electron chi connectivity index (χ4n) is 1.78. The average molecular weight is 369 g/mol. The molecule has 0 fully saturated rings. The fourth-order valence-corrected chi connectivity index (χ4v) is 2.14. The highest BCUT2D eigenvalue weighted by Crippen LogP contribution is 2.10. The van der Waals surface area contributed by atoms with E-state index < -0.39 is 0 Å². The van der Waals surface area contributed by atoms with Crippen LogP contribution < -0.4 is 5.32 Å². The van der Waals surface area contributed by atoms with Crippen LogP contribution in [0.15, 0.2) is 36.7 Å². The van der Waals surface area contributed by atoms with Gasteiger partial charge in [-0.15, -0.1) is 0 Å². The number of benzene rings is 1. The molecular weight excluding hydrogens is 349 g/mol. The lowest BCUT2D eigenvalue weighted by Gasteiger charge is -2.20. The number of rotatable bonds is 4. The lowest BCUT2D eigenvalue weighted by Crippen LogP contribution is -2.36. The van der Waals surface area contributed by atoms with Gasteiger partial charge in [-0.1, -0.05) is 12.1 Å². The van der Waals surface area contributed by atoms with E-state index in [0.29, 0.717) is 0 Å². The second kappa shape index (κ2) is 6.05. The largest absolute Gasteiger partial charge is 0.329 e. The van der Waals surface area contributed by atoms with Crippen molar-refractivity contribution < 1.29 is 0 Å². The molecule has 1 aromatic carbocycles. The van der Waals surface area contributed by atoms with Crippen LogP contribution >= 0.6 is 22.6 Å². The van der Waals surface area contributed by atoms with Crippen LogP contribution in [0.5, 0.6) is 0 Å². The van der Waals surface area contributed by atoms with E-state index in [-0.39, 0.29) is 5.54 Å². The molecule has 0 aliphatic carbocycles. The van der Waals surface area contributed by atoms with Crippen molar-refractivity contribution in [3.63, 3.8) is 0 Å². The lowest BCUT2D eigenvalue weighted by atomic mass is 10.1. The molecule has 0 bridgehead atoms. The van der Waals surface area contributed by atoms with Gasteiger partial charge in [0.25, 0.3) is 0 Å². The monoisotopic (exact) mass is 369 g/mol. The minimum absolute atomic E-state index is 0.111. The number of nitrogens with one attached hydrogen (secondary N) is 1. The number of imidazole rings is 1. The van der Waals surface area contributed by atoms with Gasteiger partial charge in [-0.3, -0.25) is 0 Å². The van der Waals surface area contributed by atoms with Crippen LogP contribution in [-0.2, 0) is 13.1 Å². The van der Waals surface area contributed by atoms with E-state index in [2.05, 4.69) is 82.5 Å². The van der Waals surface area contributed by atoms with Crippen molar-refractivity contribution in [2.75, 3.05) is 0 Å². The summed E-state index contributed by atoms with van der Waals surface area (Å²) in [5.41, 5.74) is 1.41. The Labute approximate surface area is 128 Å². The maximum absolute atomic E-state index is 4.43. The molecular formula is C15H20IN3. The number of aromatic nitrogens is 2. The van der Waals surface area contributed by atoms with Gasteiger partial charge < -0.3 is 9.88 Å². The van der Waals surface area contributed by atoms with Crippen molar-refractivity contribution in [3.8, 4) is 0 Å². The first kappa shape index (κ1) is 14.5. The van der Waals surface area contributed by atoms with Crippen LogP contribution in [0.3, 0.4) is 0 Å². The van der Waals surface area contributed by atoms with E-state index in [0.717, 1.165) is 18.9 Å². The first-order valence-electron chi connectivity index (χ1n) is 6.43. The fraction of sp³-hybridized carbons (Fsp3) is 0.400. The molecule has 0 unspecified atom stereocenters. The highest BCUT2D eigenvalue weighted by atomic mass is 127. The van der Waals surface area contributed by atoms with Crippen molar-refractivity contribution in [2.24, 2.45) is 0 Å². The predicted octanol–water partition coefficient (Wildman–Crippen LogP) is 3.42. The quantitative estimate of drug-likeness (QED) is 0.837. The lowest BCUT2D eigenvalue weighted by molar-refractivity contribution is 0.413. The Morgan fingerprint density at radius 2 is 1.89 bits per heavy atom. The van der Waals surface area contributed by atoms with Gasteiger partial charge in [-0.25, -0.2) is 4.98 Å². The number of hydrogen-bond acceptors (Lipinski definition) is 2. The van der Waals surface area contributed by atoms with Crippen LogP contribution in [-0.4, -0.2) is 15.1 Å². The molecule has 0 spiro atoms. The number of halogens is 1. The first-order chi connectivity index (χ1) is 8.94. The van der Waals surface area contributed by atoms with Crippen molar-refractivity contribution >= 4 is 22.6 Å². The Morgan fingerprint density at radius 3 is 2.53 bits per heavy atom. The summed E-state index contributed by atoms with van der Waals surface area (Å²) < 4.78 is 3.46. The van der Waals surface area contributed by atoms with Crippen LogP contribution in [0.2, 0.25) is 0 Å². The molecule has 1 heterocycles. The smallest absolute Gasteiger partial charge is 0.122 e. The van der Waals surface area contributed by atoms with Gasteiger partial charge in [-0.05, 0) is 61.1 Å². The average Bonchev–Trinajstić information content (AvgIpc) is 2.76. The van der Waals surface area contributed by atoms with E-state index in [1.807, 2.05) is 12.4 Å². The molecule has 19 heavy (non-hydrogen) atoms. The third-order valence-electron chi connectivity index (χ3n) is 2.84. The van der Waals surface area contributed by atoms with Gasteiger partial charge in [-0.2, -0.15) is 0 Å². The van der Waals surface area contributed by atoms with Crippen LogP contribution in [0.4, 0.5) is 0 Å². The summed E-state index contributed by atoms with van der Waals surface area (Å²) in [4.78, 5) is 4.43.